The van der Waals surface area contributed by atoms with Gasteiger partial charge in [-0.1, -0.05) is 11.6 Å². The lowest BCUT2D eigenvalue weighted by Gasteiger charge is -2.08. The summed E-state index contributed by atoms with van der Waals surface area (Å²) in [5.74, 6) is -0.486. The van der Waals surface area contributed by atoms with E-state index in [2.05, 4.69) is 0 Å². The fourth-order valence-corrected chi connectivity index (χ4v) is 1.46. The van der Waals surface area contributed by atoms with Gasteiger partial charge in [0.05, 0.1) is 12.7 Å². The number of nitriles is 1. The number of carboxylic acids is 1. The van der Waals surface area contributed by atoms with Crippen molar-refractivity contribution < 1.29 is 14.6 Å². The molecule has 4 nitrogen and oxygen atoms in total. The molecule has 0 amide bonds. The summed E-state index contributed by atoms with van der Waals surface area (Å²) in [6, 6.07) is 6.99. The number of hydrogen-bond acceptors (Lipinski definition) is 3. The van der Waals surface area contributed by atoms with Crippen LogP contribution in [0.5, 0.6) is 5.75 Å². The Balaban J connectivity index is 2.77. The van der Waals surface area contributed by atoms with Gasteiger partial charge in [0.15, 0.2) is 0 Å². The quantitative estimate of drug-likeness (QED) is 0.634. The molecule has 18 heavy (non-hydrogen) atoms. The SMILES string of the molecule is N#CCCCOc1ccc(Cl)cc1/C=C/C(=O)O. The Labute approximate surface area is 110 Å². The number of carbonyl (C=O) groups is 1. The van der Waals surface area contributed by atoms with Crippen molar-refractivity contribution in [1.82, 2.24) is 0 Å². The van der Waals surface area contributed by atoms with Crippen molar-refractivity contribution in [3.8, 4) is 11.8 Å². The molecule has 0 unspecified atom stereocenters. The van der Waals surface area contributed by atoms with Crippen LogP contribution >= 0.6 is 11.6 Å². The van der Waals surface area contributed by atoms with Gasteiger partial charge in [0.25, 0.3) is 0 Å². The van der Waals surface area contributed by atoms with Crippen LogP contribution in [-0.2, 0) is 4.79 Å². The summed E-state index contributed by atoms with van der Waals surface area (Å²) in [6.07, 6.45) is 3.50. The molecular formula is C13H12ClNO3. The Hall–Kier alpha value is -1.99. The maximum atomic E-state index is 10.5. The van der Waals surface area contributed by atoms with Gasteiger partial charge >= 0.3 is 5.97 Å². The maximum Gasteiger partial charge on any atom is 0.328 e. The van der Waals surface area contributed by atoms with Gasteiger partial charge in [-0.2, -0.15) is 5.26 Å². The van der Waals surface area contributed by atoms with Crippen LogP contribution in [0.25, 0.3) is 6.08 Å². The van der Waals surface area contributed by atoms with Crippen molar-refractivity contribution in [2.24, 2.45) is 0 Å². The molecule has 1 rings (SSSR count). The number of carboxylic acid groups (broad SMARTS) is 1. The zero-order valence-corrected chi connectivity index (χ0v) is 10.4. The minimum Gasteiger partial charge on any atom is -0.493 e. The van der Waals surface area contributed by atoms with Crippen molar-refractivity contribution >= 4 is 23.6 Å². The Bertz CT molecular complexity index is 491. The molecule has 0 atom stereocenters. The number of halogens is 1. The molecule has 0 aliphatic carbocycles. The normalized spacial score (nSPS) is 10.2. The molecule has 0 saturated carbocycles. The summed E-state index contributed by atoms with van der Waals surface area (Å²) < 4.78 is 5.47. The lowest BCUT2D eigenvalue weighted by atomic mass is 10.2. The van der Waals surface area contributed by atoms with Crippen molar-refractivity contribution in [2.45, 2.75) is 12.8 Å². The number of ether oxygens (including phenoxy) is 1. The third-order valence-electron chi connectivity index (χ3n) is 2.07. The highest BCUT2D eigenvalue weighted by atomic mass is 35.5. The summed E-state index contributed by atoms with van der Waals surface area (Å²) in [4.78, 5) is 10.5. The highest BCUT2D eigenvalue weighted by molar-refractivity contribution is 6.30. The highest BCUT2D eigenvalue weighted by Gasteiger charge is 2.02. The maximum absolute atomic E-state index is 10.5. The first kappa shape index (κ1) is 14.1. The summed E-state index contributed by atoms with van der Waals surface area (Å²) in [5, 5.41) is 17.5. The summed E-state index contributed by atoms with van der Waals surface area (Å²) in [7, 11) is 0. The molecular weight excluding hydrogens is 254 g/mol. The Morgan fingerprint density at radius 3 is 3.00 bits per heavy atom. The number of rotatable bonds is 6. The lowest BCUT2D eigenvalue weighted by molar-refractivity contribution is -0.131. The number of hydrogen-bond donors (Lipinski definition) is 1. The van der Waals surface area contributed by atoms with Crippen LogP contribution in [0.2, 0.25) is 5.02 Å². The van der Waals surface area contributed by atoms with E-state index in [1.54, 1.807) is 18.2 Å². The molecule has 94 valence electrons. The zero-order valence-electron chi connectivity index (χ0n) is 9.60. The predicted molar refractivity (Wildman–Crippen MR) is 68.5 cm³/mol. The van der Waals surface area contributed by atoms with Crippen LogP contribution in [0.1, 0.15) is 18.4 Å². The van der Waals surface area contributed by atoms with E-state index in [-0.39, 0.29) is 0 Å². The number of nitrogens with zero attached hydrogens (tertiary/aromatic N) is 1. The van der Waals surface area contributed by atoms with E-state index >= 15 is 0 Å². The number of aliphatic carboxylic acids is 1. The number of benzene rings is 1. The van der Waals surface area contributed by atoms with Crippen LogP contribution < -0.4 is 4.74 Å². The van der Waals surface area contributed by atoms with E-state index in [0.717, 1.165) is 6.08 Å². The molecule has 0 spiro atoms. The van der Waals surface area contributed by atoms with Gasteiger partial charge in [0.2, 0.25) is 0 Å². The van der Waals surface area contributed by atoms with Crippen LogP contribution in [0.3, 0.4) is 0 Å². The minimum absolute atomic E-state index is 0.406. The average Bonchev–Trinajstić information content (AvgIpc) is 2.34. The van der Waals surface area contributed by atoms with Gasteiger partial charge < -0.3 is 9.84 Å². The number of unbranched alkanes of at least 4 members (excludes halogenated alkanes) is 1. The van der Waals surface area contributed by atoms with Crippen LogP contribution in [0, 0.1) is 11.3 Å². The second kappa shape index (κ2) is 7.36. The minimum atomic E-state index is -1.04. The lowest BCUT2D eigenvalue weighted by Crippen LogP contribution is -1.98. The molecule has 0 bridgehead atoms. The Morgan fingerprint density at radius 1 is 1.56 bits per heavy atom. The van der Waals surface area contributed by atoms with Crippen LogP contribution in [0.4, 0.5) is 0 Å². The van der Waals surface area contributed by atoms with Crippen molar-refractivity contribution in [1.29, 1.82) is 5.26 Å². The van der Waals surface area contributed by atoms with E-state index in [9.17, 15) is 4.79 Å². The van der Waals surface area contributed by atoms with E-state index in [1.165, 1.54) is 6.08 Å². The molecule has 0 radical (unpaired) electrons. The van der Waals surface area contributed by atoms with Gasteiger partial charge in [-0.25, -0.2) is 4.79 Å². The van der Waals surface area contributed by atoms with Gasteiger partial charge in [0, 0.05) is 23.1 Å². The summed E-state index contributed by atoms with van der Waals surface area (Å²) in [6.45, 7) is 0.406. The molecule has 5 heteroatoms. The van der Waals surface area contributed by atoms with Crippen LogP contribution in [-0.4, -0.2) is 17.7 Å². The second-order valence-electron chi connectivity index (χ2n) is 3.46. The van der Waals surface area contributed by atoms with Gasteiger partial charge in [0.1, 0.15) is 5.75 Å². The van der Waals surface area contributed by atoms with E-state index < -0.39 is 5.97 Å². The smallest absolute Gasteiger partial charge is 0.328 e. The van der Waals surface area contributed by atoms with Gasteiger partial charge in [-0.3, -0.25) is 0 Å². The van der Waals surface area contributed by atoms with Crippen molar-refractivity contribution in [2.75, 3.05) is 6.61 Å². The van der Waals surface area contributed by atoms with Crippen molar-refractivity contribution in [3.63, 3.8) is 0 Å². The molecule has 1 aromatic rings. The van der Waals surface area contributed by atoms with Crippen LogP contribution in [0.15, 0.2) is 24.3 Å². The molecule has 0 saturated heterocycles. The van der Waals surface area contributed by atoms with E-state index in [4.69, 9.17) is 26.7 Å². The predicted octanol–water partition coefficient (Wildman–Crippen LogP) is 3.12. The Kier molecular flexibility index (Phi) is 5.75. The first-order chi connectivity index (χ1) is 8.63. The average molecular weight is 266 g/mol. The third-order valence-corrected chi connectivity index (χ3v) is 2.30. The topological polar surface area (TPSA) is 70.3 Å². The second-order valence-corrected chi connectivity index (χ2v) is 3.90. The fraction of sp³-hybridized carbons (Fsp3) is 0.231. The van der Waals surface area contributed by atoms with Gasteiger partial charge in [-0.15, -0.1) is 0 Å². The monoisotopic (exact) mass is 265 g/mol. The zero-order chi connectivity index (χ0) is 13.4. The molecule has 1 aromatic carbocycles. The van der Waals surface area contributed by atoms with E-state index in [1.807, 2.05) is 6.07 Å². The first-order valence-corrected chi connectivity index (χ1v) is 5.71. The van der Waals surface area contributed by atoms with Gasteiger partial charge in [-0.05, 0) is 30.7 Å². The fourth-order valence-electron chi connectivity index (χ4n) is 1.28. The molecule has 0 heterocycles. The van der Waals surface area contributed by atoms with Crippen molar-refractivity contribution in [3.05, 3.63) is 34.9 Å². The molecule has 0 fully saturated rings. The molecule has 1 N–H and O–H groups in total. The summed E-state index contributed by atoms with van der Waals surface area (Å²) >= 11 is 5.84. The highest BCUT2D eigenvalue weighted by Crippen LogP contribution is 2.24. The summed E-state index contributed by atoms with van der Waals surface area (Å²) in [5.41, 5.74) is 0.599. The standard InChI is InChI=1S/C13H12ClNO3/c14-11-4-5-12(18-8-2-1-7-15)10(9-11)3-6-13(16)17/h3-6,9H,1-2,8H2,(H,16,17)/b6-3+. The molecule has 0 aromatic heterocycles. The molecule has 0 aliphatic heterocycles. The Morgan fingerprint density at radius 2 is 2.33 bits per heavy atom. The largest absolute Gasteiger partial charge is 0.493 e. The molecule has 0 aliphatic rings. The first-order valence-electron chi connectivity index (χ1n) is 5.34. The van der Waals surface area contributed by atoms with E-state index in [0.29, 0.717) is 35.8 Å². The third kappa shape index (κ3) is 4.89.